The SMILES string of the molecule is CC1C(=O)N(c2ccc(N)cc2)N=C1C(F)(F)F. The molecule has 1 aromatic carbocycles. The summed E-state index contributed by atoms with van der Waals surface area (Å²) in [5, 5.41) is 4.11. The summed E-state index contributed by atoms with van der Waals surface area (Å²) in [6, 6.07) is 5.88. The smallest absolute Gasteiger partial charge is 0.399 e. The largest absolute Gasteiger partial charge is 0.432 e. The number of nitrogen functional groups attached to an aromatic ring is 1. The molecule has 1 aromatic rings. The van der Waals surface area contributed by atoms with Crippen molar-refractivity contribution in [1.29, 1.82) is 0 Å². The zero-order valence-electron chi connectivity index (χ0n) is 9.40. The summed E-state index contributed by atoms with van der Waals surface area (Å²) in [5.74, 6) is -1.99. The molecule has 0 spiro atoms. The molecular weight excluding hydrogens is 247 g/mol. The van der Waals surface area contributed by atoms with Gasteiger partial charge in [0.15, 0.2) is 5.71 Å². The molecule has 0 saturated heterocycles. The lowest BCUT2D eigenvalue weighted by molar-refractivity contribution is -0.120. The Balaban J connectivity index is 2.38. The number of carbonyl (C=O) groups excluding carboxylic acids is 1. The molecule has 18 heavy (non-hydrogen) atoms. The number of hydrogen-bond acceptors (Lipinski definition) is 3. The summed E-state index contributed by atoms with van der Waals surface area (Å²) in [4.78, 5) is 11.7. The molecule has 1 heterocycles. The van der Waals surface area contributed by atoms with Crippen LogP contribution in [-0.4, -0.2) is 17.8 Å². The zero-order chi connectivity index (χ0) is 13.5. The first kappa shape index (κ1) is 12.4. The highest BCUT2D eigenvalue weighted by Gasteiger charge is 2.47. The minimum Gasteiger partial charge on any atom is -0.399 e. The minimum atomic E-state index is -4.60. The van der Waals surface area contributed by atoms with Gasteiger partial charge in [-0.1, -0.05) is 0 Å². The van der Waals surface area contributed by atoms with Crippen LogP contribution in [0.4, 0.5) is 24.5 Å². The third-order valence-corrected chi connectivity index (χ3v) is 2.63. The van der Waals surface area contributed by atoms with Crippen molar-refractivity contribution in [1.82, 2.24) is 0 Å². The standard InChI is InChI=1S/C11H10F3N3O/c1-6-9(11(12,13)14)16-17(10(6)18)8-4-2-7(15)3-5-8/h2-6H,15H2,1H3. The Morgan fingerprint density at radius 2 is 1.83 bits per heavy atom. The number of carbonyl (C=O) groups is 1. The van der Waals surface area contributed by atoms with Crippen LogP contribution in [0.2, 0.25) is 0 Å². The Morgan fingerprint density at radius 1 is 1.28 bits per heavy atom. The van der Waals surface area contributed by atoms with E-state index in [-0.39, 0.29) is 5.69 Å². The Labute approximate surface area is 101 Å². The first-order valence-electron chi connectivity index (χ1n) is 5.16. The van der Waals surface area contributed by atoms with E-state index in [0.29, 0.717) is 5.69 Å². The van der Waals surface area contributed by atoms with Gasteiger partial charge >= 0.3 is 6.18 Å². The number of halogens is 3. The van der Waals surface area contributed by atoms with Gasteiger partial charge in [0.25, 0.3) is 5.91 Å². The maximum absolute atomic E-state index is 12.6. The topological polar surface area (TPSA) is 58.7 Å². The average molecular weight is 257 g/mol. The molecule has 0 bridgehead atoms. The molecule has 0 aliphatic carbocycles. The maximum Gasteiger partial charge on any atom is 0.432 e. The van der Waals surface area contributed by atoms with Gasteiger partial charge in [-0.3, -0.25) is 4.79 Å². The van der Waals surface area contributed by atoms with Gasteiger partial charge in [-0.15, -0.1) is 0 Å². The lowest BCUT2D eigenvalue weighted by atomic mass is 10.1. The first-order valence-corrected chi connectivity index (χ1v) is 5.16. The molecule has 1 aliphatic rings. The first-order chi connectivity index (χ1) is 8.30. The molecule has 0 radical (unpaired) electrons. The molecule has 4 nitrogen and oxygen atoms in total. The lowest BCUT2D eigenvalue weighted by Crippen LogP contribution is -2.31. The number of benzene rings is 1. The summed E-state index contributed by atoms with van der Waals surface area (Å²) in [7, 11) is 0. The van der Waals surface area contributed by atoms with Crippen molar-refractivity contribution in [2.45, 2.75) is 13.1 Å². The molecule has 96 valence electrons. The monoisotopic (exact) mass is 257 g/mol. The number of alkyl halides is 3. The van der Waals surface area contributed by atoms with E-state index < -0.39 is 23.7 Å². The number of hydrogen-bond donors (Lipinski definition) is 1. The number of nitrogens with zero attached hydrogens (tertiary/aromatic N) is 2. The van der Waals surface area contributed by atoms with E-state index in [1.165, 1.54) is 31.2 Å². The number of amides is 1. The fourth-order valence-corrected chi connectivity index (χ4v) is 1.65. The molecule has 2 rings (SSSR count). The molecule has 7 heteroatoms. The third-order valence-electron chi connectivity index (χ3n) is 2.63. The summed E-state index contributed by atoms with van der Waals surface area (Å²) in [6.07, 6.45) is -4.60. The minimum absolute atomic E-state index is 0.264. The van der Waals surface area contributed by atoms with E-state index in [0.717, 1.165) is 5.01 Å². The Morgan fingerprint density at radius 3 is 2.28 bits per heavy atom. The Kier molecular flexibility index (Phi) is 2.76. The Hall–Kier alpha value is -2.05. The average Bonchev–Trinajstić information content (AvgIpc) is 2.57. The van der Waals surface area contributed by atoms with Gasteiger partial charge in [0.05, 0.1) is 11.6 Å². The molecule has 1 amide bonds. The number of hydrazone groups is 1. The molecule has 1 aliphatic heterocycles. The predicted molar refractivity (Wildman–Crippen MR) is 61.0 cm³/mol. The van der Waals surface area contributed by atoms with Crippen LogP contribution in [0, 0.1) is 5.92 Å². The molecule has 0 fully saturated rings. The van der Waals surface area contributed by atoms with Gasteiger partial charge in [-0.05, 0) is 31.2 Å². The molecule has 2 N–H and O–H groups in total. The quantitative estimate of drug-likeness (QED) is 0.784. The lowest BCUT2D eigenvalue weighted by Gasteiger charge is -2.12. The number of nitrogens with two attached hydrogens (primary N) is 1. The van der Waals surface area contributed by atoms with Crippen molar-refractivity contribution in [2.75, 3.05) is 10.7 Å². The van der Waals surface area contributed by atoms with Gasteiger partial charge in [0.2, 0.25) is 0 Å². The predicted octanol–water partition coefficient (Wildman–Crippen LogP) is 2.17. The molecule has 1 atom stereocenters. The third kappa shape index (κ3) is 2.03. The molecule has 1 unspecified atom stereocenters. The van der Waals surface area contributed by atoms with Crippen LogP contribution in [0.3, 0.4) is 0 Å². The van der Waals surface area contributed by atoms with Crippen LogP contribution in [-0.2, 0) is 4.79 Å². The molecule has 0 saturated carbocycles. The van der Waals surface area contributed by atoms with Gasteiger partial charge in [0.1, 0.15) is 0 Å². The summed E-state index contributed by atoms with van der Waals surface area (Å²) in [5.41, 5.74) is 5.11. The fraction of sp³-hybridized carbons (Fsp3) is 0.273. The Bertz CT molecular complexity index is 507. The van der Waals surface area contributed by atoms with E-state index >= 15 is 0 Å². The molecule has 0 aromatic heterocycles. The van der Waals surface area contributed by atoms with Crippen LogP contribution < -0.4 is 10.7 Å². The van der Waals surface area contributed by atoms with Gasteiger partial charge in [0, 0.05) is 5.69 Å². The fourth-order valence-electron chi connectivity index (χ4n) is 1.65. The van der Waals surface area contributed by atoms with E-state index in [2.05, 4.69) is 5.10 Å². The van der Waals surface area contributed by atoms with E-state index in [1.54, 1.807) is 0 Å². The summed E-state index contributed by atoms with van der Waals surface area (Å²) >= 11 is 0. The van der Waals surface area contributed by atoms with Gasteiger partial charge < -0.3 is 5.73 Å². The van der Waals surface area contributed by atoms with Crippen LogP contribution in [0.1, 0.15) is 6.92 Å². The van der Waals surface area contributed by atoms with E-state index in [9.17, 15) is 18.0 Å². The van der Waals surface area contributed by atoms with Crippen LogP contribution in [0.25, 0.3) is 0 Å². The highest BCUT2D eigenvalue weighted by Crippen LogP contribution is 2.31. The zero-order valence-corrected chi connectivity index (χ0v) is 9.40. The van der Waals surface area contributed by atoms with Crippen molar-refractivity contribution >= 4 is 23.0 Å². The van der Waals surface area contributed by atoms with Crippen molar-refractivity contribution in [2.24, 2.45) is 11.0 Å². The summed E-state index contributed by atoms with van der Waals surface area (Å²) < 4.78 is 37.8. The van der Waals surface area contributed by atoms with Crippen molar-refractivity contribution in [3.8, 4) is 0 Å². The van der Waals surface area contributed by atoms with Crippen LogP contribution >= 0.6 is 0 Å². The van der Waals surface area contributed by atoms with Crippen molar-refractivity contribution < 1.29 is 18.0 Å². The second-order valence-electron chi connectivity index (χ2n) is 3.95. The highest BCUT2D eigenvalue weighted by atomic mass is 19.4. The van der Waals surface area contributed by atoms with Gasteiger partial charge in [-0.2, -0.15) is 23.3 Å². The van der Waals surface area contributed by atoms with Crippen molar-refractivity contribution in [3.63, 3.8) is 0 Å². The van der Waals surface area contributed by atoms with E-state index in [1.807, 2.05) is 0 Å². The van der Waals surface area contributed by atoms with Crippen molar-refractivity contribution in [3.05, 3.63) is 24.3 Å². The summed E-state index contributed by atoms with van der Waals surface area (Å²) in [6.45, 7) is 1.19. The number of rotatable bonds is 1. The number of anilines is 2. The van der Waals surface area contributed by atoms with Crippen LogP contribution in [0.15, 0.2) is 29.4 Å². The van der Waals surface area contributed by atoms with Gasteiger partial charge in [-0.25, -0.2) is 0 Å². The second-order valence-corrected chi connectivity index (χ2v) is 3.95. The van der Waals surface area contributed by atoms with E-state index in [4.69, 9.17) is 5.73 Å². The highest BCUT2D eigenvalue weighted by molar-refractivity contribution is 6.17. The maximum atomic E-state index is 12.6. The van der Waals surface area contributed by atoms with Crippen LogP contribution in [0.5, 0.6) is 0 Å². The second kappa shape index (κ2) is 4.01. The normalized spacial score (nSPS) is 20.2. The molecular formula is C11H10F3N3O.